The van der Waals surface area contributed by atoms with E-state index in [2.05, 4.69) is 0 Å². The summed E-state index contributed by atoms with van der Waals surface area (Å²) in [6, 6.07) is 1.05. The van der Waals surface area contributed by atoms with Crippen LogP contribution in [0.4, 0.5) is 5.69 Å². The van der Waals surface area contributed by atoms with Gasteiger partial charge >= 0.3 is 0 Å². The largest absolute Gasteiger partial charge is 0.504 e. The molecule has 0 bridgehead atoms. The van der Waals surface area contributed by atoms with E-state index in [0.29, 0.717) is 24.0 Å². The van der Waals surface area contributed by atoms with E-state index in [-0.39, 0.29) is 11.4 Å². The highest BCUT2D eigenvalue weighted by Gasteiger charge is 2.23. The van der Waals surface area contributed by atoms with Crippen molar-refractivity contribution in [2.75, 3.05) is 0 Å². The molecule has 0 heterocycles. The molecule has 19 heavy (non-hydrogen) atoms. The second kappa shape index (κ2) is 6.97. The molecule has 0 atom stereocenters. The molecule has 2 N–H and O–H groups in total. The minimum atomic E-state index is -0.487. The third-order valence-electron chi connectivity index (χ3n) is 3.23. The number of nitro groups is 1. The molecule has 0 aliphatic rings. The van der Waals surface area contributed by atoms with Crippen molar-refractivity contribution < 1.29 is 15.1 Å². The Balaban J connectivity index is 3.31. The molecule has 0 saturated carbocycles. The molecule has 0 aliphatic carbocycles. The maximum Gasteiger partial charge on any atom is 0.276 e. The zero-order chi connectivity index (χ0) is 14.4. The molecule has 5 nitrogen and oxygen atoms in total. The van der Waals surface area contributed by atoms with E-state index in [0.717, 1.165) is 31.7 Å². The summed E-state index contributed by atoms with van der Waals surface area (Å²) >= 11 is 0. The highest BCUT2D eigenvalue weighted by molar-refractivity contribution is 5.59. The minimum Gasteiger partial charge on any atom is -0.504 e. The van der Waals surface area contributed by atoms with Crippen molar-refractivity contribution in [1.29, 1.82) is 0 Å². The molecule has 0 aromatic heterocycles. The molecule has 1 aromatic rings. The number of benzene rings is 1. The molecule has 0 aliphatic heterocycles. The van der Waals surface area contributed by atoms with Gasteiger partial charge < -0.3 is 10.2 Å². The predicted octanol–water partition coefficient (Wildman–Crippen LogP) is 3.69. The van der Waals surface area contributed by atoms with Crippen LogP contribution >= 0.6 is 0 Å². The lowest BCUT2D eigenvalue weighted by atomic mass is 9.95. The molecule has 0 unspecified atom stereocenters. The van der Waals surface area contributed by atoms with Crippen LogP contribution in [0.15, 0.2) is 6.07 Å². The second-order valence-corrected chi connectivity index (χ2v) is 4.68. The van der Waals surface area contributed by atoms with E-state index in [1.165, 1.54) is 0 Å². The van der Waals surface area contributed by atoms with E-state index in [9.17, 15) is 20.3 Å². The van der Waals surface area contributed by atoms with Crippen LogP contribution in [0.25, 0.3) is 0 Å². The van der Waals surface area contributed by atoms with Gasteiger partial charge in [0.2, 0.25) is 0 Å². The van der Waals surface area contributed by atoms with Crippen molar-refractivity contribution in [3.8, 4) is 11.5 Å². The Labute approximate surface area is 113 Å². The van der Waals surface area contributed by atoms with Crippen LogP contribution in [0.2, 0.25) is 0 Å². The summed E-state index contributed by atoms with van der Waals surface area (Å²) in [6.45, 7) is 4.03. The van der Waals surface area contributed by atoms with Crippen molar-refractivity contribution >= 4 is 5.69 Å². The van der Waals surface area contributed by atoms with Crippen LogP contribution in [0, 0.1) is 10.1 Å². The lowest BCUT2D eigenvalue weighted by Crippen LogP contribution is -2.02. The average Bonchev–Trinajstić information content (AvgIpc) is 2.38. The van der Waals surface area contributed by atoms with Crippen LogP contribution in [-0.4, -0.2) is 15.1 Å². The Bertz CT molecular complexity index is 457. The zero-order valence-electron chi connectivity index (χ0n) is 11.5. The first kappa shape index (κ1) is 15.3. The fraction of sp³-hybridized carbons (Fsp3) is 0.571. The molecule has 0 fully saturated rings. The smallest absolute Gasteiger partial charge is 0.276 e. The number of phenols is 2. The van der Waals surface area contributed by atoms with Crippen molar-refractivity contribution in [3.05, 3.63) is 27.3 Å². The Morgan fingerprint density at radius 3 is 2.11 bits per heavy atom. The van der Waals surface area contributed by atoms with Crippen LogP contribution in [0.1, 0.15) is 50.7 Å². The molecule has 1 rings (SSSR count). The first-order chi connectivity index (χ1) is 9.02. The average molecular weight is 267 g/mol. The molecule has 106 valence electrons. The van der Waals surface area contributed by atoms with E-state index < -0.39 is 10.7 Å². The number of phenolic OH excluding ortho intramolecular Hbond substituents is 2. The van der Waals surface area contributed by atoms with Crippen molar-refractivity contribution in [1.82, 2.24) is 0 Å². The minimum absolute atomic E-state index is 0.0881. The molecule has 0 radical (unpaired) electrons. The Kier molecular flexibility index (Phi) is 5.60. The molecular formula is C14H21NO4. The van der Waals surface area contributed by atoms with Gasteiger partial charge in [-0.05, 0) is 25.7 Å². The Hall–Kier alpha value is -1.78. The maximum absolute atomic E-state index is 11.1. The SMILES string of the molecule is CCCCc1c([N+](=O)[O-])cc(O)c(O)c1CCCC. The predicted molar refractivity (Wildman–Crippen MR) is 73.7 cm³/mol. The van der Waals surface area contributed by atoms with Gasteiger partial charge in [-0.2, -0.15) is 0 Å². The summed E-state index contributed by atoms with van der Waals surface area (Å²) in [7, 11) is 0. The van der Waals surface area contributed by atoms with Gasteiger partial charge in [0.25, 0.3) is 5.69 Å². The third-order valence-corrected chi connectivity index (χ3v) is 3.23. The van der Waals surface area contributed by atoms with Gasteiger partial charge in [0.05, 0.1) is 11.0 Å². The maximum atomic E-state index is 11.1. The molecular weight excluding hydrogens is 246 g/mol. The number of nitro benzene ring substituents is 1. The van der Waals surface area contributed by atoms with Crippen LogP contribution < -0.4 is 0 Å². The van der Waals surface area contributed by atoms with Gasteiger partial charge in [0, 0.05) is 11.1 Å². The monoisotopic (exact) mass is 267 g/mol. The first-order valence-electron chi connectivity index (χ1n) is 6.73. The van der Waals surface area contributed by atoms with Gasteiger partial charge in [-0.25, -0.2) is 0 Å². The van der Waals surface area contributed by atoms with Gasteiger partial charge in [0.15, 0.2) is 11.5 Å². The molecule has 0 amide bonds. The summed E-state index contributed by atoms with van der Waals surface area (Å²) in [5, 5.41) is 30.6. The van der Waals surface area contributed by atoms with Gasteiger partial charge in [-0.3, -0.25) is 10.1 Å². The first-order valence-corrected chi connectivity index (χ1v) is 6.73. The number of hydrogen-bond donors (Lipinski definition) is 2. The Morgan fingerprint density at radius 1 is 1.11 bits per heavy atom. The number of hydrogen-bond acceptors (Lipinski definition) is 4. The highest BCUT2D eigenvalue weighted by Crippen LogP contribution is 2.39. The van der Waals surface area contributed by atoms with Crippen molar-refractivity contribution in [2.24, 2.45) is 0 Å². The number of rotatable bonds is 7. The summed E-state index contributed by atoms with van der Waals surface area (Å²) in [5.41, 5.74) is 1.01. The highest BCUT2D eigenvalue weighted by atomic mass is 16.6. The normalized spacial score (nSPS) is 10.6. The quantitative estimate of drug-likeness (QED) is 0.448. The lowest BCUT2D eigenvalue weighted by molar-refractivity contribution is -0.385. The van der Waals surface area contributed by atoms with Gasteiger partial charge in [0.1, 0.15) is 0 Å². The fourth-order valence-corrected chi connectivity index (χ4v) is 2.16. The van der Waals surface area contributed by atoms with Gasteiger partial charge in [-0.15, -0.1) is 0 Å². The molecule has 0 spiro atoms. The van der Waals surface area contributed by atoms with E-state index >= 15 is 0 Å². The second-order valence-electron chi connectivity index (χ2n) is 4.68. The summed E-state index contributed by atoms with van der Waals surface area (Å²) in [4.78, 5) is 10.6. The summed E-state index contributed by atoms with van der Waals surface area (Å²) in [6.07, 6.45) is 4.61. The van der Waals surface area contributed by atoms with Crippen molar-refractivity contribution in [2.45, 2.75) is 52.4 Å². The van der Waals surface area contributed by atoms with Crippen molar-refractivity contribution in [3.63, 3.8) is 0 Å². The standard InChI is InChI=1S/C14H21NO4/c1-3-5-7-10-11(8-6-4-2)14(17)13(16)9-12(10)15(18)19/h9,16-17H,3-8H2,1-2H3. The van der Waals surface area contributed by atoms with E-state index in [1.54, 1.807) is 0 Å². The van der Waals surface area contributed by atoms with Crippen LogP contribution in [-0.2, 0) is 12.8 Å². The molecule has 5 heteroatoms. The van der Waals surface area contributed by atoms with E-state index in [4.69, 9.17) is 0 Å². The summed E-state index contributed by atoms with van der Waals surface area (Å²) in [5.74, 6) is -0.608. The third kappa shape index (κ3) is 3.59. The number of unbranched alkanes of at least 4 members (excludes halogenated alkanes) is 2. The van der Waals surface area contributed by atoms with Crippen LogP contribution in [0.3, 0.4) is 0 Å². The topological polar surface area (TPSA) is 83.6 Å². The number of nitrogens with zero attached hydrogens (tertiary/aromatic N) is 1. The summed E-state index contributed by atoms with van der Waals surface area (Å²) < 4.78 is 0. The zero-order valence-corrected chi connectivity index (χ0v) is 11.5. The molecule has 0 saturated heterocycles. The van der Waals surface area contributed by atoms with Crippen LogP contribution in [0.5, 0.6) is 11.5 Å². The lowest BCUT2D eigenvalue weighted by Gasteiger charge is -2.13. The Morgan fingerprint density at radius 2 is 1.63 bits per heavy atom. The van der Waals surface area contributed by atoms with Gasteiger partial charge in [-0.1, -0.05) is 26.7 Å². The molecule has 1 aromatic carbocycles. The van der Waals surface area contributed by atoms with E-state index in [1.807, 2.05) is 13.8 Å². The number of aromatic hydroxyl groups is 2. The fourth-order valence-electron chi connectivity index (χ4n) is 2.16.